The second kappa shape index (κ2) is 4.18. The molecule has 2 nitrogen and oxygen atoms in total. The lowest BCUT2D eigenvalue weighted by molar-refractivity contribution is 0.562. The summed E-state index contributed by atoms with van der Waals surface area (Å²) in [4.78, 5) is 15.9. The van der Waals surface area contributed by atoms with Crippen molar-refractivity contribution in [1.82, 2.24) is 4.98 Å². The molecular formula is C13H12NOS. The molecule has 0 N–H and O–H groups in total. The van der Waals surface area contributed by atoms with Gasteiger partial charge in [-0.15, -0.1) is 11.3 Å². The summed E-state index contributed by atoms with van der Waals surface area (Å²) in [7, 11) is 0. The van der Waals surface area contributed by atoms with Gasteiger partial charge in [0.05, 0.1) is 9.88 Å². The van der Waals surface area contributed by atoms with Gasteiger partial charge in [0.2, 0.25) is 0 Å². The van der Waals surface area contributed by atoms with E-state index in [2.05, 4.69) is 37.0 Å². The molecule has 0 amide bonds. The van der Waals surface area contributed by atoms with Crippen molar-refractivity contribution < 1.29 is 4.79 Å². The smallest absolute Gasteiger partial charge is 0.255 e. The first-order chi connectivity index (χ1) is 7.60. The molecule has 0 bridgehead atoms. The second-order valence-corrected chi connectivity index (χ2v) is 5.09. The zero-order valence-electron chi connectivity index (χ0n) is 9.50. The molecule has 0 atom stereocenters. The Bertz CT molecular complexity index is 523. The lowest BCUT2D eigenvalue weighted by Gasteiger charge is -2.02. The summed E-state index contributed by atoms with van der Waals surface area (Å²) in [6, 6.07) is 6.25. The third-order valence-corrected chi connectivity index (χ3v) is 3.33. The molecule has 0 unspecified atom stereocenters. The van der Waals surface area contributed by atoms with Crippen LogP contribution in [0.25, 0.3) is 10.4 Å². The normalized spacial score (nSPS) is 10.4. The van der Waals surface area contributed by atoms with Crippen LogP contribution in [0.3, 0.4) is 0 Å². The van der Waals surface area contributed by atoms with Crippen LogP contribution in [0.15, 0.2) is 18.2 Å². The van der Waals surface area contributed by atoms with Gasteiger partial charge < -0.3 is 0 Å². The second-order valence-electron chi connectivity index (χ2n) is 3.89. The molecule has 0 aliphatic rings. The number of hydrogen-bond donors (Lipinski definition) is 0. The summed E-state index contributed by atoms with van der Waals surface area (Å²) in [6.07, 6.45) is 1.90. The first-order valence-corrected chi connectivity index (χ1v) is 5.86. The minimum Gasteiger partial charge on any atom is -0.283 e. The van der Waals surface area contributed by atoms with Crippen LogP contribution in [-0.2, 0) is 4.79 Å². The maximum atomic E-state index is 10.8. The third-order valence-electron chi connectivity index (χ3n) is 2.31. The van der Waals surface area contributed by atoms with Gasteiger partial charge in [0.25, 0.3) is 6.29 Å². The van der Waals surface area contributed by atoms with Crippen LogP contribution in [0, 0.1) is 20.8 Å². The number of thiazole rings is 1. The lowest BCUT2D eigenvalue weighted by atomic mass is 10.1. The van der Waals surface area contributed by atoms with Gasteiger partial charge in [0.15, 0.2) is 0 Å². The molecule has 0 saturated heterocycles. The van der Waals surface area contributed by atoms with Crippen molar-refractivity contribution in [2.75, 3.05) is 0 Å². The monoisotopic (exact) mass is 230 g/mol. The minimum atomic E-state index is 0.424. The van der Waals surface area contributed by atoms with Crippen molar-refractivity contribution >= 4 is 17.6 Å². The topological polar surface area (TPSA) is 30.0 Å². The van der Waals surface area contributed by atoms with Gasteiger partial charge in [-0.3, -0.25) is 4.79 Å². The van der Waals surface area contributed by atoms with Crippen LogP contribution in [0.4, 0.5) is 0 Å². The van der Waals surface area contributed by atoms with E-state index in [1.165, 1.54) is 22.5 Å². The van der Waals surface area contributed by atoms with Crippen molar-refractivity contribution in [1.29, 1.82) is 0 Å². The Morgan fingerprint density at radius 2 is 1.75 bits per heavy atom. The number of carbonyl (C=O) groups excluding carboxylic acids is 1. The number of aromatic nitrogens is 1. The van der Waals surface area contributed by atoms with Gasteiger partial charge in [0.1, 0.15) is 5.69 Å². The standard InChI is InChI=1S/C13H12NOS/c1-8-4-9(2)6-11(5-8)13-12(7-15)14-10(3)16-13/h4-6H,1-3H3. The van der Waals surface area contributed by atoms with E-state index in [-0.39, 0.29) is 0 Å². The summed E-state index contributed by atoms with van der Waals surface area (Å²) in [5, 5.41) is 0.896. The van der Waals surface area contributed by atoms with Crippen molar-refractivity contribution in [2.24, 2.45) is 0 Å². The van der Waals surface area contributed by atoms with Crippen LogP contribution in [0.2, 0.25) is 0 Å². The molecule has 1 radical (unpaired) electrons. The summed E-state index contributed by atoms with van der Waals surface area (Å²) < 4.78 is 0. The highest BCUT2D eigenvalue weighted by Crippen LogP contribution is 2.30. The van der Waals surface area contributed by atoms with Gasteiger partial charge in [-0.25, -0.2) is 4.98 Å². The number of nitrogens with zero attached hydrogens (tertiary/aromatic N) is 1. The van der Waals surface area contributed by atoms with E-state index in [0.29, 0.717) is 5.69 Å². The van der Waals surface area contributed by atoms with E-state index in [4.69, 9.17) is 0 Å². The van der Waals surface area contributed by atoms with Crippen LogP contribution in [-0.4, -0.2) is 11.3 Å². The number of aryl methyl sites for hydroxylation is 3. The van der Waals surface area contributed by atoms with E-state index in [1.54, 1.807) is 0 Å². The molecule has 1 heterocycles. The Labute approximate surface area is 99.0 Å². The molecule has 0 fully saturated rings. The minimum absolute atomic E-state index is 0.424. The first-order valence-electron chi connectivity index (χ1n) is 5.04. The van der Waals surface area contributed by atoms with Gasteiger partial charge in [0, 0.05) is 0 Å². The molecule has 81 valence electrons. The Morgan fingerprint density at radius 3 is 2.31 bits per heavy atom. The summed E-state index contributed by atoms with van der Waals surface area (Å²) in [5.41, 5.74) is 3.87. The third kappa shape index (κ3) is 2.04. The Morgan fingerprint density at radius 1 is 1.12 bits per heavy atom. The molecule has 0 spiro atoms. The van der Waals surface area contributed by atoms with Crippen LogP contribution >= 0.6 is 11.3 Å². The van der Waals surface area contributed by atoms with E-state index >= 15 is 0 Å². The molecule has 0 aliphatic heterocycles. The Hall–Kier alpha value is -1.48. The molecule has 1 aromatic carbocycles. The molecule has 2 rings (SSSR count). The lowest BCUT2D eigenvalue weighted by Crippen LogP contribution is -1.86. The van der Waals surface area contributed by atoms with Crippen molar-refractivity contribution in [3.05, 3.63) is 40.0 Å². The highest BCUT2D eigenvalue weighted by Gasteiger charge is 2.11. The molecule has 3 heteroatoms. The summed E-state index contributed by atoms with van der Waals surface area (Å²) in [5.74, 6) is 0. The molecular weight excluding hydrogens is 218 g/mol. The largest absolute Gasteiger partial charge is 0.283 e. The number of hydrogen-bond acceptors (Lipinski definition) is 3. The van der Waals surface area contributed by atoms with E-state index < -0.39 is 0 Å². The van der Waals surface area contributed by atoms with Crippen LogP contribution in [0.5, 0.6) is 0 Å². The fraction of sp³-hybridized carbons (Fsp3) is 0.231. The average Bonchev–Trinajstić information content (AvgIpc) is 2.58. The van der Waals surface area contributed by atoms with Crippen molar-refractivity contribution in [3.63, 3.8) is 0 Å². The van der Waals surface area contributed by atoms with Crippen LogP contribution in [0.1, 0.15) is 21.8 Å². The number of rotatable bonds is 2. The molecule has 16 heavy (non-hydrogen) atoms. The average molecular weight is 230 g/mol. The van der Waals surface area contributed by atoms with Gasteiger partial charge in [-0.2, -0.15) is 0 Å². The van der Waals surface area contributed by atoms with E-state index in [9.17, 15) is 4.79 Å². The predicted octanol–water partition coefficient (Wildman–Crippen LogP) is 3.19. The van der Waals surface area contributed by atoms with Gasteiger partial charge in [-0.1, -0.05) is 29.3 Å². The fourth-order valence-corrected chi connectivity index (χ4v) is 2.65. The zero-order chi connectivity index (χ0) is 11.7. The van der Waals surface area contributed by atoms with Crippen molar-refractivity contribution in [3.8, 4) is 10.4 Å². The van der Waals surface area contributed by atoms with E-state index in [1.807, 2.05) is 13.2 Å². The Balaban J connectivity index is 2.61. The van der Waals surface area contributed by atoms with Gasteiger partial charge in [-0.05, 0) is 26.3 Å². The van der Waals surface area contributed by atoms with E-state index in [0.717, 1.165) is 15.4 Å². The fourth-order valence-electron chi connectivity index (χ4n) is 1.80. The zero-order valence-corrected chi connectivity index (χ0v) is 10.3. The molecule has 0 aliphatic carbocycles. The summed E-state index contributed by atoms with van der Waals surface area (Å²) >= 11 is 1.54. The SMILES string of the molecule is Cc1cc(C)cc(-c2sc(C)nc2[C]=O)c1. The van der Waals surface area contributed by atoms with Crippen LogP contribution < -0.4 is 0 Å². The maximum absolute atomic E-state index is 10.8. The predicted molar refractivity (Wildman–Crippen MR) is 66.6 cm³/mol. The van der Waals surface area contributed by atoms with Crippen molar-refractivity contribution in [2.45, 2.75) is 20.8 Å². The quantitative estimate of drug-likeness (QED) is 0.793. The number of benzene rings is 1. The van der Waals surface area contributed by atoms with Gasteiger partial charge >= 0.3 is 0 Å². The molecule has 0 saturated carbocycles. The Kier molecular flexibility index (Phi) is 2.88. The maximum Gasteiger partial charge on any atom is 0.255 e. The summed E-state index contributed by atoms with van der Waals surface area (Å²) in [6.45, 7) is 6.00. The molecule has 2 aromatic rings. The first kappa shape index (κ1) is 11.0. The molecule has 1 aromatic heterocycles. The highest BCUT2D eigenvalue weighted by atomic mass is 32.1. The highest BCUT2D eigenvalue weighted by molar-refractivity contribution is 7.15.